The van der Waals surface area contributed by atoms with Crippen molar-refractivity contribution in [1.29, 1.82) is 5.26 Å². The first-order chi connectivity index (χ1) is 13.4. The number of carbonyl (C=O) groups excluding carboxylic acids is 1. The number of anilines is 1. The Labute approximate surface area is 177 Å². The third-order valence-corrected chi connectivity index (χ3v) is 7.54. The second-order valence-corrected chi connectivity index (χ2v) is 9.35. The molecule has 1 aromatic heterocycles. The summed E-state index contributed by atoms with van der Waals surface area (Å²) in [5.41, 5.74) is 10.7. The Hall–Kier alpha value is -2.36. The zero-order valence-corrected chi connectivity index (χ0v) is 18.2. The average Bonchev–Trinajstić information content (AvgIpc) is 2.99. The Balaban J connectivity index is 1.98. The van der Waals surface area contributed by atoms with Gasteiger partial charge in [0.15, 0.2) is 5.78 Å². The summed E-state index contributed by atoms with van der Waals surface area (Å²) in [5.74, 6) is 0.156. The summed E-state index contributed by atoms with van der Waals surface area (Å²) in [7, 11) is 0. The van der Waals surface area contributed by atoms with Crippen LogP contribution in [0.25, 0.3) is 0 Å². The lowest BCUT2D eigenvalue weighted by Crippen LogP contribution is -2.38. The van der Waals surface area contributed by atoms with Crippen molar-refractivity contribution < 1.29 is 4.79 Å². The molecule has 2 N–H and O–H groups in total. The number of halogens is 1. The fourth-order valence-electron chi connectivity index (χ4n) is 4.06. The molecule has 2 aromatic rings. The van der Waals surface area contributed by atoms with Crippen molar-refractivity contribution in [3.63, 3.8) is 0 Å². The summed E-state index contributed by atoms with van der Waals surface area (Å²) in [6.07, 6.45) is 2.09. The first kappa shape index (κ1) is 19.0. The molecule has 1 aliphatic heterocycles. The van der Waals surface area contributed by atoms with Crippen LogP contribution in [0.5, 0.6) is 0 Å². The van der Waals surface area contributed by atoms with Gasteiger partial charge < -0.3 is 5.73 Å². The van der Waals surface area contributed by atoms with Crippen LogP contribution in [0.15, 0.2) is 57.5 Å². The molecule has 2 aliphatic rings. The van der Waals surface area contributed by atoms with E-state index >= 15 is 0 Å². The maximum absolute atomic E-state index is 13.1. The summed E-state index contributed by atoms with van der Waals surface area (Å²) >= 11 is 5.17. The van der Waals surface area contributed by atoms with Crippen LogP contribution in [0.4, 0.5) is 5.69 Å². The van der Waals surface area contributed by atoms with E-state index in [0.717, 1.165) is 49.6 Å². The highest BCUT2D eigenvalue weighted by atomic mass is 79.9. The second kappa shape index (κ2) is 7.23. The number of nitriles is 1. The zero-order chi connectivity index (χ0) is 20.0. The lowest BCUT2D eigenvalue weighted by Gasteiger charge is -2.39. The molecule has 0 bridgehead atoms. The molecule has 28 heavy (non-hydrogen) atoms. The number of benzene rings is 1. The van der Waals surface area contributed by atoms with Crippen molar-refractivity contribution >= 4 is 38.7 Å². The summed E-state index contributed by atoms with van der Waals surface area (Å²) in [6, 6.07) is 12.3. The molecule has 0 radical (unpaired) electrons. The number of rotatable bonds is 2. The highest BCUT2D eigenvalue weighted by Crippen LogP contribution is 2.48. The lowest BCUT2D eigenvalue weighted by molar-refractivity contribution is -0.116. The van der Waals surface area contributed by atoms with Gasteiger partial charge in [0.25, 0.3) is 0 Å². The SMILES string of the molecule is Cc1cccc(N2C(N)=C(C#N)C(c3cc(Br)c(C)s3)C3=C2CCCC3=O)c1. The van der Waals surface area contributed by atoms with E-state index in [2.05, 4.69) is 22.0 Å². The van der Waals surface area contributed by atoms with Crippen LogP contribution in [0, 0.1) is 25.2 Å². The van der Waals surface area contributed by atoms with Gasteiger partial charge in [-0.25, -0.2) is 0 Å². The highest BCUT2D eigenvalue weighted by Gasteiger charge is 2.41. The monoisotopic (exact) mass is 453 g/mol. The Morgan fingerprint density at radius 1 is 1.29 bits per heavy atom. The van der Waals surface area contributed by atoms with Gasteiger partial charge in [-0.1, -0.05) is 12.1 Å². The Morgan fingerprint density at radius 3 is 2.71 bits per heavy atom. The third-order valence-electron chi connectivity index (χ3n) is 5.33. The van der Waals surface area contributed by atoms with Crippen molar-refractivity contribution in [2.75, 3.05) is 4.90 Å². The predicted molar refractivity (Wildman–Crippen MR) is 116 cm³/mol. The van der Waals surface area contributed by atoms with Crippen molar-refractivity contribution in [2.45, 2.75) is 39.0 Å². The van der Waals surface area contributed by atoms with Gasteiger partial charge in [0.05, 0.1) is 17.6 Å². The van der Waals surface area contributed by atoms with Crippen LogP contribution in [0.3, 0.4) is 0 Å². The lowest BCUT2D eigenvalue weighted by atomic mass is 9.78. The molecule has 0 spiro atoms. The van der Waals surface area contributed by atoms with Crippen molar-refractivity contribution in [1.82, 2.24) is 0 Å². The maximum Gasteiger partial charge on any atom is 0.161 e. The Kier molecular flexibility index (Phi) is 4.90. The number of Topliss-reactive ketones (excluding diaryl/α,β-unsaturated/α-hetero) is 1. The number of hydrogen-bond donors (Lipinski definition) is 1. The number of aryl methyl sites for hydroxylation is 2. The first-order valence-corrected chi connectivity index (χ1v) is 10.8. The number of nitrogens with zero attached hydrogens (tertiary/aromatic N) is 2. The first-order valence-electron chi connectivity index (χ1n) is 9.21. The van der Waals surface area contributed by atoms with E-state index in [1.807, 2.05) is 49.1 Å². The molecule has 0 fully saturated rings. The minimum atomic E-state index is -0.385. The molecule has 142 valence electrons. The van der Waals surface area contributed by atoms with Crippen LogP contribution in [0.2, 0.25) is 0 Å². The van der Waals surface area contributed by atoms with E-state index in [4.69, 9.17) is 5.73 Å². The van der Waals surface area contributed by atoms with Crippen LogP contribution in [0.1, 0.15) is 40.5 Å². The molecular weight excluding hydrogens is 434 g/mol. The standard InChI is InChI=1S/C22H20BrN3OS/c1-12-5-3-6-14(9-12)26-17-7-4-8-18(27)21(17)20(15(11-24)22(26)25)19-10-16(23)13(2)28-19/h3,5-6,9-10,20H,4,7-8,25H2,1-2H3. The number of allylic oxidation sites excluding steroid dienone is 3. The topological polar surface area (TPSA) is 70.1 Å². The van der Waals surface area contributed by atoms with Crippen molar-refractivity contribution in [3.8, 4) is 6.07 Å². The molecule has 0 saturated heterocycles. The van der Waals surface area contributed by atoms with E-state index in [9.17, 15) is 10.1 Å². The molecule has 4 rings (SSSR count). The number of hydrogen-bond acceptors (Lipinski definition) is 5. The van der Waals surface area contributed by atoms with Crippen molar-refractivity contribution in [2.24, 2.45) is 5.73 Å². The van der Waals surface area contributed by atoms with Crippen LogP contribution >= 0.6 is 27.3 Å². The molecular formula is C22H20BrN3OS. The molecule has 1 atom stereocenters. The fraction of sp³-hybridized carbons (Fsp3) is 0.273. The minimum Gasteiger partial charge on any atom is -0.384 e. The molecule has 6 heteroatoms. The van der Waals surface area contributed by atoms with Gasteiger partial charge in [0, 0.05) is 37.6 Å². The van der Waals surface area contributed by atoms with Gasteiger partial charge in [0.2, 0.25) is 0 Å². The summed E-state index contributed by atoms with van der Waals surface area (Å²) in [5, 5.41) is 10.0. The van der Waals surface area contributed by atoms with Crippen molar-refractivity contribution in [3.05, 3.63) is 72.8 Å². The van der Waals surface area contributed by atoms with Gasteiger partial charge >= 0.3 is 0 Å². The van der Waals surface area contributed by atoms with Crippen LogP contribution in [-0.4, -0.2) is 5.78 Å². The molecule has 1 unspecified atom stereocenters. The fourth-order valence-corrected chi connectivity index (χ4v) is 5.74. The minimum absolute atomic E-state index is 0.117. The summed E-state index contributed by atoms with van der Waals surface area (Å²) in [4.78, 5) is 17.1. The quantitative estimate of drug-likeness (QED) is 0.657. The van der Waals surface area contributed by atoms with Crippen LogP contribution < -0.4 is 10.6 Å². The average molecular weight is 454 g/mol. The number of nitrogens with two attached hydrogens (primary N) is 1. The maximum atomic E-state index is 13.1. The summed E-state index contributed by atoms with van der Waals surface area (Å²) < 4.78 is 0.995. The molecule has 1 aromatic carbocycles. The predicted octanol–water partition coefficient (Wildman–Crippen LogP) is 5.43. The largest absolute Gasteiger partial charge is 0.384 e. The Morgan fingerprint density at radius 2 is 2.07 bits per heavy atom. The smallest absolute Gasteiger partial charge is 0.161 e. The molecule has 1 aliphatic carbocycles. The van der Waals surface area contributed by atoms with E-state index < -0.39 is 0 Å². The van der Waals surface area contributed by atoms with E-state index in [1.165, 1.54) is 0 Å². The Bertz CT molecular complexity index is 1070. The van der Waals surface area contributed by atoms with Gasteiger partial charge in [-0.05, 0) is 66.4 Å². The van der Waals surface area contributed by atoms with Gasteiger partial charge in [-0.2, -0.15) is 5.26 Å². The van der Waals surface area contributed by atoms with E-state index in [0.29, 0.717) is 17.8 Å². The second-order valence-electron chi connectivity index (χ2n) is 7.21. The molecule has 2 heterocycles. The van der Waals surface area contributed by atoms with Gasteiger partial charge in [-0.15, -0.1) is 11.3 Å². The molecule has 4 nitrogen and oxygen atoms in total. The van der Waals surface area contributed by atoms with Gasteiger partial charge in [0.1, 0.15) is 5.82 Å². The number of thiophene rings is 1. The number of ketones is 1. The van der Waals surface area contributed by atoms with E-state index in [1.54, 1.807) is 11.3 Å². The summed E-state index contributed by atoms with van der Waals surface area (Å²) in [6.45, 7) is 4.05. The zero-order valence-electron chi connectivity index (χ0n) is 15.8. The van der Waals surface area contributed by atoms with Crippen LogP contribution in [-0.2, 0) is 4.79 Å². The number of carbonyl (C=O) groups is 1. The van der Waals surface area contributed by atoms with Gasteiger partial charge in [-0.3, -0.25) is 9.69 Å². The molecule has 0 saturated carbocycles. The van der Waals surface area contributed by atoms with E-state index in [-0.39, 0.29) is 11.7 Å². The highest BCUT2D eigenvalue weighted by molar-refractivity contribution is 9.10. The third kappa shape index (κ3) is 2.99. The normalized spacial score (nSPS) is 19.7. The molecule has 0 amide bonds.